The first-order valence-electron chi connectivity index (χ1n) is 9.84. The number of aryl methyl sites for hydroxylation is 1. The van der Waals surface area contributed by atoms with Crippen LogP contribution in [-0.2, 0) is 6.61 Å². The topological polar surface area (TPSA) is 65.7 Å². The minimum atomic E-state index is -0.315. The highest BCUT2D eigenvalue weighted by Crippen LogP contribution is 2.34. The molecule has 0 aliphatic carbocycles. The lowest BCUT2D eigenvalue weighted by atomic mass is 10.2. The average Bonchev–Trinajstić information content (AvgIpc) is 2.79. The van der Waals surface area contributed by atoms with Gasteiger partial charge in [-0.3, -0.25) is 4.79 Å². The van der Waals surface area contributed by atoms with Gasteiger partial charge >= 0.3 is 0 Å². The molecule has 0 bridgehead atoms. The van der Waals surface area contributed by atoms with Gasteiger partial charge in [0.05, 0.1) is 24.2 Å². The molecule has 1 aromatic heterocycles. The summed E-state index contributed by atoms with van der Waals surface area (Å²) in [6.45, 7) is 1.91. The first kappa shape index (κ1) is 23.1. The maximum absolute atomic E-state index is 13.2. The summed E-state index contributed by atoms with van der Waals surface area (Å²) in [5.74, 6) is 1.06. The Labute approximate surface area is 205 Å². The van der Waals surface area contributed by atoms with Crippen molar-refractivity contribution in [3.8, 4) is 11.5 Å². The summed E-state index contributed by atoms with van der Waals surface area (Å²) in [6, 6.07) is 15.0. The van der Waals surface area contributed by atoms with Crippen LogP contribution in [-0.4, -0.2) is 23.0 Å². The van der Waals surface area contributed by atoms with Crippen molar-refractivity contribution in [1.29, 1.82) is 0 Å². The SMILES string of the molecule is COc1cc(Br)cc(C=Nn2c(C)nc3ccc(Br)cc3c2=O)c1OCc1ccc(F)cc1. The molecule has 0 aliphatic rings. The third-order valence-electron chi connectivity index (χ3n) is 4.85. The highest BCUT2D eigenvalue weighted by molar-refractivity contribution is 9.10. The van der Waals surface area contributed by atoms with Crippen LogP contribution < -0.4 is 15.0 Å². The van der Waals surface area contributed by atoms with Crippen LogP contribution in [0.4, 0.5) is 4.39 Å². The van der Waals surface area contributed by atoms with E-state index in [9.17, 15) is 9.18 Å². The van der Waals surface area contributed by atoms with Gasteiger partial charge in [-0.05, 0) is 55.0 Å². The molecule has 0 spiro atoms. The second-order valence-electron chi connectivity index (χ2n) is 7.12. The molecule has 0 atom stereocenters. The normalized spacial score (nSPS) is 11.3. The number of rotatable bonds is 6. The van der Waals surface area contributed by atoms with Crippen LogP contribution in [0.2, 0.25) is 0 Å². The van der Waals surface area contributed by atoms with Gasteiger partial charge in [0.15, 0.2) is 11.5 Å². The van der Waals surface area contributed by atoms with E-state index in [0.717, 1.165) is 14.5 Å². The Morgan fingerprint density at radius 1 is 1.09 bits per heavy atom. The van der Waals surface area contributed by atoms with Crippen LogP contribution in [0.3, 0.4) is 0 Å². The van der Waals surface area contributed by atoms with Crippen LogP contribution in [0, 0.1) is 12.7 Å². The van der Waals surface area contributed by atoms with Crippen molar-refractivity contribution in [2.45, 2.75) is 13.5 Å². The number of methoxy groups -OCH3 is 1. The third kappa shape index (κ3) is 5.15. The maximum Gasteiger partial charge on any atom is 0.282 e. The molecular formula is C24H18Br2FN3O3. The van der Waals surface area contributed by atoms with Crippen LogP contribution in [0.1, 0.15) is 17.0 Å². The first-order chi connectivity index (χ1) is 15.9. The van der Waals surface area contributed by atoms with Gasteiger partial charge in [-0.25, -0.2) is 9.37 Å². The Morgan fingerprint density at radius 3 is 2.58 bits per heavy atom. The number of aromatic nitrogens is 2. The highest BCUT2D eigenvalue weighted by atomic mass is 79.9. The van der Waals surface area contributed by atoms with E-state index in [1.807, 2.05) is 6.07 Å². The smallest absolute Gasteiger partial charge is 0.282 e. The Balaban J connectivity index is 1.74. The van der Waals surface area contributed by atoms with Gasteiger partial charge in [-0.2, -0.15) is 9.78 Å². The fourth-order valence-electron chi connectivity index (χ4n) is 3.24. The minimum Gasteiger partial charge on any atom is -0.493 e. The Hall–Kier alpha value is -3.04. The monoisotopic (exact) mass is 573 g/mol. The minimum absolute atomic E-state index is 0.198. The summed E-state index contributed by atoms with van der Waals surface area (Å²) in [7, 11) is 1.53. The van der Waals surface area contributed by atoms with Crippen molar-refractivity contribution in [1.82, 2.24) is 9.66 Å². The quantitative estimate of drug-likeness (QED) is 0.271. The molecule has 0 amide bonds. The number of hydrogen-bond donors (Lipinski definition) is 0. The molecule has 33 heavy (non-hydrogen) atoms. The van der Waals surface area contributed by atoms with E-state index in [1.165, 1.54) is 30.1 Å². The lowest BCUT2D eigenvalue weighted by molar-refractivity contribution is 0.284. The van der Waals surface area contributed by atoms with Gasteiger partial charge in [0, 0.05) is 14.5 Å². The lowest BCUT2D eigenvalue weighted by Crippen LogP contribution is -2.20. The number of nitrogens with zero attached hydrogens (tertiary/aromatic N) is 3. The predicted octanol–water partition coefficient (Wildman–Crippen LogP) is 5.84. The molecule has 0 radical (unpaired) electrons. The Kier molecular flexibility index (Phi) is 6.90. The molecule has 1 heterocycles. The Bertz CT molecular complexity index is 1420. The standard InChI is InChI=1S/C24H18Br2FN3O3/c1-14-29-21-8-5-17(25)10-20(21)24(31)30(14)28-12-16-9-18(26)11-22(32-2)23(16)33-13-15-3-6-19(27)7-4-15/h3-12H,13H2,1-2H3. The van der Waals surface area contributed by atoms with E-state index < -0.39 is 0 Å². The molecule has 168 valence electrons. The van der Waals surface area contributed by atoms with Gasteiger partial charge in [-0.1, -0.05) is 44.0 Å². The second kappa shape index (κ2) is 9.84. The second-order valence-corrected chi connectivity index (χ2v) is 8.95. The summed E-state index contributed by atoms with van der Waals surface area (Å²) in [4.78, 5) is 17.5. The Morgan fingerprint density at radius 2 is 1.85 bits per heavy atom. The molecule has 6 nitrogen and oxygen atoms in total. The number of benzene rings is 3. The molecule has 4 aromatic rings. The largest absolute Gasteiger partial charge is 0.493 e. The average molecular weight is 575 g/mol. The number of fused-ring (bicyclic) bond motifs is 1. The van der Waals surface area contributed by atoms with Gasteiger partial charge in [0.25, 0.3) is 5.56 Å². The molecule has 0 aliphatic heterocycles. The van der Waals surface area contributed by atoms with Crippen molar-refractivity contribution in [3.63, 3.8) is 0 Å². The van der Waals surface area contributed by atoms with Crippen LogP contribution in [0.15, 0.2) is 73.4 Å². The number of halogens is 3. The van der Waals surface area contributed by atoms with E-state index in [4.69, 9.17) is 9.47 Å². The molecule has 9 heteroatoms. The molecule has 3 aromatic carbocycles. The van der Waals surface area contributed by atoms with Crippen LogP contribution in [0.5, 0.6) is 11.5 Å². The van der Waals surface area contributed by atoms with Gasteiger partial charge in [-0.15, -0.1) is 0 Å². The summed E-state index contributed by atoms with van der Waals surface area (Å²) >= 11 is 6.85. The van der Waals surface area contributed by atoms with Crippen LogP contribution in [0.25, 0.3) is 10.9 Å². The summed E-state index contributed by atoms with van der Waals surface area (Å²) in [5, 5.41) is 4.85. The third-order valence-corrected chi connectivity index (χ3v) is 5.80. The van der Waals surface area contributed by atoms with Crippen molar-refractivity contribution in [3.05, 3.63) is 96.7 Å². The van der Waals surface area contributed by atoms with E-state index in [2.05, 4.69) is 41.9 Å². The molecular weight excluding hydrogens is 557 g/mol. The molecule has 4 rings (SSSR count). The number of hydrogen-bond acceptors (Lipinski definition) is 5. The summed E-state index contributed by atoms with van der Waals surface area (Å²) < 4.78 is 27.5. The van der Waals surface area contributed by atoms with E-state index in [0.29, 0.717) is 33.8 Å². The van der Waals surface area contributed by atoms with Gasteiger partial charge in [0.1, 0.15) is 18.2 Å². The molecule has 0 N–H and O–H groups in total. The maximum atomic E-state index is 13.2. The molecule has 0 fully saturated rings. The summed E-state index contributed by atoms with van der Waals surface area (Å²) in [6.07, 6.45) is 1.52. The van der Waals surface area contributed by atoms with E-state index in [-0.39, 0.29) is 18.0 Å². The molecule has 0 saturated carbocycles. The zero-order chi connectivity index (χ0) is 23.5. The molecule has 0 saturated heterocycles. The van der Waals surface area contributed by atoms with Gasteiger partial charge in [0.2, 0.25) is 0 Å². The van der Waals surface area contributed by atoms with Crippen LogP contribution >= 0.6 is 31.9 Å². The van der Waals surface area contributed by atoms with Crippen molar-refractivity contribution in [2.24, 2.45) is 5.10 Å². The van der Waals surface area contributed by atoms with Crippen molar-refractivity contribution < 1.29 is 13.9 Å². The van der Waals surface area contributed by atoms with E-state index >= 15 is 0 Å². The fourth-order valence-corrected chi connectivity index (χ4v) is 4.06. The highest BCUT2D eigenvalue weighted by Gasteiger charge is 2.13. The zero-order valence-electron chi connectivity index (χ0n) is 17.7. The van der Waals surface area contributed by atoms with Crippen molar-refractivity contribution in [2.75, 3.05) is 7.11 Å². The zero-order valence-corrected chi connectivity index (χ0v) is 20.9. The molecule has 0 unspecified atom stereocenters. The first-order valence-corrected chi connectivity index (χ1v) is 11.4. The van der Waals surface area contributed by atoms with Gasteiger partial charge < -0.3 is 9.47 Å². The predicted molar refractivity (Wildman–Crippen MR) is 133 cm³/mol. The lowest BCUT2D eigenvalue weighted by Gasteiger charge is -2.14. The summed E-state index contributed by atoms with van der Waals surface area (Å²) in [5.41, 5.74) is 1.69. The van der Waals surface area contributed by atoms with Crippen molar-refractivity contribution >= 4 is 49.0 Å². The number of ether oxygens (including phenoxy) is 2. The fraction of sp³-hybridized carbons (Fsp3) is 0.125. The van der Waals surface area contributed by atoms with E-state index in [1.54, 1.807) is 43.3 Å².